The fourth-order valence-electron chi connectivity index (χ4n) is 2.11. The molecule has 1 N–H and O–H groups in total. The summed E-state index contributed by atoms with van der Waals surface area (Å²) in [6.07, 6.45) is 5.35. The van der Waals surface area contributed by atoms with Crippen molar-refractivity contribution in [1.29, 1.82) is 0 Å². The highest BCUT2D eigenvalue weighted by atomic mass is 15.4. The standard InChI is InChI=1S/C13H24N6/c1-3-4-5-6-14-12-11-15-17-13(16-12)19-9-7-18(2)8-10-19/h11H,3-10H2,1-2H3,(H,14,16,17). The molecule has 6 nitrogen and oxygen atoms in total. The second-order valence-electron chi connectivity index (χ2n) is 5.07. The summed E-state index contributed by atoms with van der Waals surface area (Å²) in [5, 5.41) is 11.5. The van der Waals surface area contributed by atoms with Crippen molar-refractivity contribution in [3.63, 3.8) is 0 Å². The average Bonchev–Trinajstić information content (AvgIpc) is 2.45. The number of piperazine rings is 1. The third-order valence-electron chi connectivity index (χ3n) is 3.42. The summed E-state index contributed by atoms with van der Waals surface area (Å²) < 4.78 is 0. The maximum absolute atomic E-state index is 4.54. The minimum absolute atomic E-state index is 0.744. The van der Waals surface area contributed by atoms with Crippen molar-refractivity contribution < 1.29 is 0 Å². The molecule has 1 aliphatic heterocycles. The van der Waals surface area contributed by atoms with Crippen molar-refractivity contribution in [1.82, 2.24) is 20.1 Å². The second kappa shape index (κ2) is 7.23. The first-order valence-electron chi connectivity index (χ1n) is 7.16. The first-order valence-corrected chi connectivity index (χ1v) is 7.16. The summed E-state index contributed by atoms with van der Waals surface area (Å²) in [6.45, 7) is 7.20. The molecule has 0 aliphatic carbocycles. The molecule has 0 atom stereocenters. The number of nitrogens with zero attached hydrogens (tertiary/aromatic N) is 5. The molecule has 2 rings (SSSR count). The van der Waals surface area contributed by atoms with E-state index in [1.54, 1.807) is 6.20 Å². The summed E-state index contributed by atoms with van der Waals surface area (Å²) in [4.78, 5) is 9.06. The maximum Gasteiger partial charge on any atom is 0.247 e. The van der Waals surface area contributed by atoms with Gasteiger partial charge in [0.25, 0.3) is 0 Å². The smallest absolute Gasteiger partial charge is 0.247 e. The van der Waals surface area contributed by atoms with Crippen molar-refractivity contribution >= 4 is 11.8 Å². The molecule has 1 aromatic heterocycles. The molecule has 0 bridgehead atoms. The van der Waals surface area contributed by atoms with Gasteiger partial charge in [-0.05, 0) is 13.5 Å². The van der Waals surface area contributed by atoms with Gasteiger partial charge in [0.1, 0.15) is 0 Å². The number of rotatable bonds is 6. The highest BCUT2D eigenvalue weighted by Crippen LogP contribution is 2.11. The van der Waals surface area contributed by atoms with Gasteiger partial charge in [-0.3, -0.25) is 0 Å². The number of nitrogens with one attached hydrogen (secondary N) is 1. The van der Waals surface area contributed by atoms with Crippen LogP contribution in [0.15, 0.2) is 6.20 Å². The van der Waals surface area contributed by atoms with Crippen molar-refractivity contribution in [2.75, 3.05) is 50.0 Å². The van der Waals surface area contributed by atoms with Crippen LogP contribution in [0.25, 0.3) is 0 Å². The summed E-state index contributed by atoms with van der Waals surface area (Å²) >= 11 is 0. The zero-order valence-electron chi connectivity index (χ0n) is 12.0. The van der Waals surface area contributed by atoms with Crippen LogP contribution >= 0.6 is 0 Å². The highest BCUT2D eigenvalue weighted by Gasteiger charge is 2.16. The van der Waals surface area contributed by atoms with E-state index in [-0.39, 0.29) is 0 Å². The van der Waals surface area contributed by atoms with Crippen molar-refractivity contribution in [3.8, 4) is 0 Å². The van der Waals surface area contributed by atoms with Crippen LogP contribution < -0.4 is 10.2 Å². The van der Waals surface area contributed by atoms with Gasteiger partial charge in [-0.25, -0.2) is 0 Å². The van der Waals surface area contributed by atoms with Crippen molar-refractivity contribution in [3.05, 3.63) is 6.20 Å². The molecule has 0 spiro atoms. The Bertz CT molecular complexity index is 375. The molecule has 1 aromatic rings. The average molecular weight is 264 g/mol. The fraction of sp³-hybridized carbons (Fsp3) is 0.769. The Morgan fingerprint density at radius 1 is 1.21 bits per heavy atom. The normalized spacial score (nSPS) is 16.6. The van der Waals surface area contributed by atoms with Crippen LogP contribution in [0.2, 0.25) is 0 Å². The van der Waals surface area contributed by atoms with E-state index in [1.807, 2.05) is 0 Å². The zero-order chi connectivity index (χ0) is 13.5. The van der Waals surface area contributed by atoms with Gasteiger partial charge in [-0.2, -0.15) is 10.1 Å². The molecule has 0 aromatic carbocycles. The number of unbranched alkanes of at least 4 members (excludes halogenated alkanes) is 2. The number of aromatic nitrogens is 3. The maximum atomic E-state index is 4.54. The van der Waals surface area contributed by atoms with Crippen molar-refractivity contribution in [2.45, 2.75) is 26.2 Å². The van der Waals surface area contributed by atoms with Crippen LogP contribution in [0.5, 0.6) is 0 Å². The quantitative estimate of drug-likeness (QED) is 0.780. The Morgan fingerprint density at radius 2 is 2.00 bits per heavy atom. The van der Waals surface area contributed by atoms with Crippen LogP contribution in [0.4, 0.5) is 11.8 Å². The number of hydrogen-bond acceptors (Lipinski definition) is 6. The monoisotopic (exact) mass is 264 g/mol. The second-order valence-corrected chi connectivity index (χ2v) is 5.07. The van der Waals surface area contributed by atoms with Crippen molar-refractivity contribution in [2.24, 2.45) is 0 Å². The molecule has 0 saturated carbocycles. The first-order chi connectivity index (χ1) is 9.29. The molecular weight excluding hydrogens is 240 g/mol. The number of likely N-dealkylation sites (N-methyl/N-ethyl adjacent to an activating group) is 1. The molecule has 1 fully saturated rings. The Kier molecular flexibility index (Phi) is 5.32. The third-order valence-corrected chi connectivity index (χ3v) is 3.42. The number of anilines is 2. The topological polar surface area (TPSA) is 57.2 Å². The van der Waals surface area contributed by atoms with Gasteiger partial charge >= 0.3 is 0 Å². The molecule has 0 radical (unpaired) electrons. The summed E-state index contributed by atoms with van der Waals surface area (Å²) in [6, 6.07) is 0. The lowest BCUT2D eigenvalue weighted by atomic mass is 10.2. The molecule has 0 amide bonds. The van der Waals surface area contributed by atoms with Gasteiger partial charge in [0, 0.05) is 32.7 Å². The summed E-state index contributed by atoms with van der Waals surface area (Å²) in [5.74, 6) is 1.58. The fourth-order valence-corrected chi connectivity index (χ4v) is 2.11. The number of hydrogen-bond donors (Lipinski definition) is 1. The Labute approximate surface area is 115 Å². The van der Waals surface area contributed by atoms with Gasteiger partial charge in [-0.15, -0.1) is 5.10 Å². The minimum atomic E-state index is 0.744. The molecule has 106 valence electrons. The molecule has 0 unspecified atom stereocenters. The lowest BCUT2D eigenvalue weighted by Gasteiger charge is -2.32. The largest absolute Gasteiger partial charge is 0.369 e. The van der Waals surface area contributed by atoms with E-state index in [0.29, 0.717) is 0 Å². The predicted octanol–water partition coefficient (Wildman–Crippen LogP) is 1.23. The van der Waals surface area contributed by atoms with E-state index in [4.69, 9.17) is 0 Å². The van der Waals surface area contributed by atoms with Gasteiger partial charge in [0.05, 0.1) is 6.20 Å². The molecular formula is C13H24N6. The Balaban J connectivity index is 1.87. The van der Waals surface area contributed by atoms with Crippen LogP contribution in [0.3, 0.4) is 0 Å². The first kappa shape index (κ1) is 14.0. The molecule has 2 heterocycles. The van der Waals surface area contributed by atoms with Gasteiger partial charge < -0.3 is 15.1 Å². The van der Waals surface area contributed by atoms with E-state index in [0.717, 1.165) is 44.5 Å². The van der Waals surface area contributed by atoms with Crippen LogP contribution in [0.1, 0.15) is 26.2 Å². The van der Waals surface area contributed by atoms with E-state index in [9.17, 15) is 0 Å². The predicted molar refractivity (Wildman–Crippen MR) is 77.6 cm³/mol. The van der Waals surface area contributed by atoms with Crippen LogP contribution in [-0.4, -0.2) is 59.9 Å². The van der Waals surface area contributed by atoms with E-state index in [1.165, 1.54) is 19.3 Å². The Morgan fingerprint density at radius 3 is 2.74 bits per heavy atom. The van der Waals surface area contributed by atoms with E-state index >= 15 is 0 Å². The molecule has 6 heteroatoms. The van der Waals surface area contributed by atoms with Gasteiger partial charge in [0.2, 0.25) is 5.95 Å². The lowest BCUT2D eigenvalue weighted by molar-refractivity contribution is 0.311. The molecule has 19 heavy (non-hydrogen) atoms. The van der Waals surface area contributed by atoms with E-state index in [2.05, 4.69) is 44.3 Å². The Hall–Kier alpha value is -1.43. The zero-order valence-corrected chi connectivity index (χ0v) is 12.0. The minimum Gasteiger partial charge on any atom is -0.369 e. The van der Waals surface area contributed by atoms with E-state index < -0.39 is 0 Å². The molecule has 1 aliphatic rings. The summed E-state index contributed by atoms with van der Waals surface area (Å²) in [5.41, 5.74) is 0. The van der Waals surface area contributed by atoms with Gasteiger partial charge in [0.15, 0.2) is 5.82 Å². The lowest BCUT2D eigenvalue weighted by Crippen LogP contribution is -2.45. The van der Waals surface area contributed by atoms with Gasteiger partial charge in [-0.1, -0.05) is 19.8 Å². The van der Waals surface area contributed by atoms with Crippen LogP contribution in [-0.2, 0) is 0 Å². The third kappa shape index (κ3) is 4.31. The SMILES string of the molecule is CCCCCNc1cnnc(N2CCN(C)CC2)n1. The van der Waals surface area contributed by atoms with Crippen LogP contribution in [0, 0.1) is 0 Å². The molecule has 1 saturated heterocycles. The summed E-state index contributed by atoms with van der Waals surface area (Å²) in [7, 11) is 2.14. The highest BCUT2D eigenvalue weighted by molar-refractivity contribution is 5.39.